The predicted molar refractivity (Wildman–Crippen MR) is 131 cm³/mol. The lowest BCUT2D eigenvalue weighted by Gasteiger charge is -2.28. The van der Waals surface area contributed by atoms with Crippen LogP contribution >= 0.6 is 0 Å². The van der Waals surface area contributed by atoms with Crippen LogP contribution in [0, 0.1) is 23.7 Å². The molecule has 5 aliphatic rings. The molecular formula is C26H29F5N6. The molecule has 2 bridgehead atoms. The van der Waals surface area contributed by atoms with Gasteiger partial charge in [-0.05, 0) is 36.6 Å². The van der Waals surface area contributed by atoms with Crippen molar-refractivity contribution in [3.05, 3.63) is 53.6 Å². The van der Waals surface area contributed by atoms with Gasteiger partial charge in [0.1, 0.15) is 17.1 Å². The first-order valence-corrected chi connectivity index (χ1v) is 12.7. The van der Waals surface area contributed by atoms with E-state index in [-0.39, 0.29) is 41.6 Å². The fraction of sp³-hybridized carbons (Fsp3) is 0.538. The zero-order valence-corrected chi connectivity index (χ0v) is 20.9. The standard InChI is InChI=1S/C24H23F5N6.C2H6/c1-3-22(25,26)16-10-12(7-8-30-16)34-23-18-17(19(18)23)20(33-21(35-23)32-14-9-11(14)2)13-5-4-6-15(31-13)24(27,28)29;1-2/h4-8,10-11,14,17-19H,3,9H2,1-2H3,(H,30,34)(H,32,35);1-2H3. The molecule has 2 N–H and O–H groups in total. The molecule has 0 amide bonds. The van der Waals surface area contributed by atoms with Crippen LogP contribution in [0.5, 0.6) is 0 Å². The smallest absolute Gasteiger partial charge is 0.362 e. The summed E-state index contributed by atoms with van der Waals surface area (Å²) in [5.41, 5.74) is -0.778. The van der Waals surface area contributed by atoms with Gasteiger partial charge >= 0.3 is 6.18 Å². The maximum atomic E-state index is 14.2. The molecule has 2 aromatic rings. The Morgan fingerprint density at radius 2 is 1.81 bits per heavy atom. The lowest BCUT2D eigenvalue weighted by molar-refractivity contribution is -0.141. The molecule has 2 aliphatic heterocycles. The number of pyridine rings is 2. The normalized spacial score (nSPS) is 32.2. The predicted octanol–water partition coefficient (Wildman–Crippen LogP) is 5.86. The van der Waals surface area contributed by atoms with E-state index in [4.69, 9.17) is 0 Å². The first-order valence-electron chi connectivity index (χ1n) is 12.7. The number of hydrogen-bond acceptors (Lipinski definition) is 4. The van der Waals surface area contributed by atoms with Crippen LogP contribution in [0.3, 0.4) is 0 Å². The molecule has 3 saturated carbocycles. The van der Waals surface area contributed by atoms with Crippen molar-refractivity contribution in [1.82, 2.24) is 15.3 Å². The van der Waals surface area contributed by atoms with Crippen LogP contribution in [-0.2, 0) is 12.1 Å². The number of alkyl halides is 5. The third-order valence-corrected chi connectivity index (χ3v) is 7.41. The first kappa shape index (κ1) is 25.5. The van der Waals surface area contributed by atoms with Crippen molar-refractivity contribution in [2.75, 3.05) is 5.32 Å². The molecule has 0 spiro atoms. The molecule has 2 aromatic heterocycles. The van der Waals surface area contributed by atoms with E-state index in [2.05, 4.69) is 37.5 Å². The van der Waals surface area contributed by atoms with Gasteiger partial charge in [-0.2, -0.15) is 22.0 Å². The molecule has 3 fully saturated rings. The highest BCUT2D eigenvalue weighted by atomic mass is 19.4. The van der Waals surface area contributed by atoms with Gasteiger partial charge in [-0.3, -0.25) is 4.98 Å². The molecule has 0 aromatic carbocycles. The van der Waals surface area contributed by atoms with Crippen LogP contribution in [0.2, 0.25) is 0 Å². The van der Waals surface area contributed by atoms with Crippen molar-refractivity contribution in [3.63, 3.8) is 0 Å². The molecule has 0 saturated heterocycles. The van der Waals surface area contributed by atoms with Gasteiger partial charge in [0.2, 0.25) is 5.96 Å². The zero-order valence-electron chi connectivity index (χ0n) is 20.9. The second-order valence-electron chi connectivity index (χ2n) is 9.82. The summed E-state index contributed by atoms with van der Waals surface area (Å²) >= 11 is 0. The molecule has 11 heteroatoms. The number of hydrogen-bond donors (Lipinski definition) is 2. The van der Waals surface area contributed by atoms with E-state index in [1.807, 2.05) is 13.8 Å². The molecule has 3 aliphatic carbocycles. The van der Waals surface area contributed by atoms with Gasteiger partial charge in [-0.25, -0.2) is 15.0 Å². The highest BCUT2D eigenvalue weighted by Gasteiger charge is 2.87. The minimum absolute atomic E-state index is 0.0326. The van der Waals surface area contributed by atoms with Crippen LogP contribution in [0.1, 0.15) is 57.6 Å². The van der Waals surface area contributed by atoms with Gasteiger partial charge in [0, 0.05) is 36.1 Å². The summed E-state index contributed by atoms with van der Waals surface area (Å²) < 4.78 is 68.2. The van der Waals surface area contributed by atoms with E-state index >= 15 is 0 Å². The second-order valence-corrected chi connectivity index (χ2v) is 9.82. The molecule has 0 radical (unpaired) electrons. The van der Waals surface area contributed by atoms with E-state index in [1.165, 1.54) is 31.3 Å². The van der Waals surface area contributed by atoms with Crippen LogP contribution in [0.4, 0.5) is 27.6 Å². The van der Waals surface area contributed by atoms with Crippen LogP contribution in [0.25, 0.3) is 0 Å². The highest BCUT2D eigenvalue weighted by Crippen LogP contribution is 2.76. The fourth-order valence-corrected chi connectivity index (χ4v) is 5.10. The van der Waals surface area contributed by atoms with Crippen LogP contribution in [0.15, 0.2) is 46.5 Å². The molecule has 37 heavy (non-hydrogen) atoms. The Labute approximate surface area is 211 Å². The fourth-order valence-electron chi connectivity index (χ4n) is 5.10. The molecule has 198 valence electrons. The quantitative estimate of drug-likeness (QED) is 0.468. The van der Waals surface area contributed by atoms with Gasteiger partial charge in [0.15, 0.2) is 0 Å². The Morgan fingerprint density at radius 1 is 1.11 bits per heavy atom. The average molecular weight is 521 g/mol. The van der Waals surface area contributed by atoms with E-state index < -0.39 is 23.5 Å². The lowest BCUT2D eigenvalue weighted by Crippen LogP contribution is -2.49. The maximum Gasteiger partial charge on any atom is 0.433 e. The minimum atomic E-state index is -4.56. The number of rotatable bonds is 6. The number of fused-ring (bicyclic) bond motifs is 2. The average Bonchev–Trinajstić information content (AvgIpc) is 3.80. The summed E-state index contributed by atoms with van der Waals surface area (Å²) in [4.78, 5) is 17.0. The van der Waals surface area contributed by atoms with Crippen LogP contribution < -0.4 is 10.6 Å². The van der Waals surface area contributed by atoms with Gasteiger partial charge in [0.05, 0.1) is 17.4 Å². The molecular weight excluding hydrogens is 491 g/mol. The number of guanidine groups is 1. The van der Waals surface area contributed by atoms with Crippen molar-refractivity contribution >= 4 is 17.4 Å². The van der Waals surface area contributed by atoms with Crippen LogP contribution in [-0.4, -0.2) is 33.3 Å². The summed E-state index contributed by atoms with van der Waals surface area (Å²) in [6, 6.07) is 6.86. The Balaban J connectivity index is 0.00000137. The molecule has 6 nitrogen and oxygen atoms in total. The molecule has 4 atom stereocenters. The van der Waals surface area contributed by atoms with E-state index in [1.54, 1.807) is 6.07 Å². The summed E-state index contributed by atoms with van der Waals surface area (Å²) in [5, 5.41) is 6.69. The number of halogens is 5. The van der Waals surface area contributed by atoms with Gasteiger partial charge < -0.3 is 10.6 Å². The second kappa shape index (κ2) is 8.73. The largest absolute Gasteiger partial charge is 0.433 e. The van der Waals surface area contributed by atoms with Crippen molar-refractivity contribution in [2.45, 2.75) is 64.3 Å². The Hall–Kier alpha value is -3.11. The van der Waals surface area contributed by atoms with Gasteiger partial charge in [0.25, 0.3) is 5.92 Å². The summed E-state index contributed by atoms with van der Waals surface area (Å²) in [5.74, 6) is -2.32. The molecule has 4 unspecified atom stereocenters. The van der Waals surface area contributed by atoms with Crippen molar-refractivity contribution < 1.29 is 22.0 Å². The zero-order chi connectivity index (χ0) is 26.8. The number of nitrogens with one attached hydrogen (secondary N) is 2. The highest BCUT2D eigenvalue weighted by molar-refractivity contribution is 6.12. The maximum absolute atomic E-state index is 14.2. The summed E-state index contributed by atoms with van der Waals surface area (Å²) in [6.45, 7) is 7.46. The molecule has 7 rings (SSSR count). The van der Waals surface area contributed by atoms with E-state index in [9.17, 15) is 22.0 Å². The topological polar surface area (TPSA) is 74.6 Å². The summed E-state index contributed by atoms with van der Waals surface area (Å²) in [7, 11) is 0. The van der Waals surface area contributed by atoms with Crippen molar-refractivity contribution in [1.29, 1.82) is 0 Å². The Bertz CT molecular complexity index is 1250. The first-order chi connectivity index (χ1) is 17.5. The number of nitrogens with zero attached hydrogens (tertiary/aromatic N) is 4. The number of anilines is 1. The lowest BCUT2D eigenvalue weighted by atomic mass is 9.98. The third-order valence-electron chi connectivity index (χ3n) is 7.41. The van der Waals surface area contributed by atoms with E-state index in [0.29, 0.717) is 23.3 Å². The van der Waals surface area contributed by atoms with Crippen molar-refractivity contribution in [2.24, 2.45) is 33.7 Å². The monoisotopic (exact) mass is 520 g/mol. The summed E-state index contributed by atoms with van der Waals surface area (Å²) in [6.07, 6.45) is -2.67. The molecule has 4 heterocycles. The Morgan fingerprint density at radius 3 is 2.43 bits per heavy atom. The third kappa shape index (κ3) is 4.46. The van der Waals surface area contributed by atoms with Crippen molar-refractivity contribution in [3.8, 4) is 0 Å². The van der Waals surface area contributed by atoms with Gasteiger partial charge in [-0.15, -0.1) is 0 Å². The number of aliphatic imine (C=N–C) groups is 2. The van der Waals surface area contributed by atoms with E-state index in [0.717, 1.165) is 12.5 Å². The SMILES string of the molecule is CC.CCC(F)(F)c1cc(NC23NC(=NC4CC4C)N=C(c4cccc(C(F)(F)F)n4)C4C2C43)ccn1. The minimum Gasteiger partial charge on any atom is -0.362 e. The van der Waals surface area contributed by atoms with Gasteiger partial charge in [-0.1, -0.05) is 33.8 Å². The Kier molecular flexibility index (Phi) is 6.03. The number of aromatic nitrogens is 2.